The van der Waals surface area contributed by atoms with E-state index in [2.05, 4.69) is 11.0 Å². The molecule has 1 unspecified atom stereocenters. The Morgan fingerprint density at radius 2 is 2.35 bits per heavy atom. The van der Waals surface area contributed by atoms with Gasteiger partial charge in [0.15, 0.2) is 0 Å². The first-order chi connectivity index (χ1) is 8.31. The van der Waals surface area contributed by atoms with E-state index in [1.807, 2.05) is 31.2 Å². The summed E-state index contributed by atoms with van der Waals surface area (Å²) in [5.74, 6) is 0.752. The van der Waals surface area contributed by atoms with Gasteiger partial charge in [-0.3, -0.25) is 0 Å². The number of carbonyl (C=O) groups is 1. The number of fused-ring (bicyclic) bond motifs is 3. The Kier molecular flexibility index (Phi) is 2.59. The number of benzene rings is 1. The fraction of sp³-hybridized carbons (Fsp3) is 0.308. The van der Waals surface area contributed by atoms with Crippen LogP contribution in [0.2, 0.25) is 0 Å². The molecule has 0 spiro atoms. The molecule has 4 heteroatoms. The molecule has 0 aromatic heterocycles. The zero-order chi connectivity index (χ0) is 11.8. The summed E-state index contributed by atoms with van der Waals surface area (Å²) in [6.07, 6.45) is 1.96. The highest BCUT2D eigenvalue weighted by molar-refractivity contribution is 8.01. The highest BCUT2D eigenvalue weighted by atomic mass is 32.2. The number of hydrogen-bond acceptors (Lipinski definition) is 4. The fourth-order valence-electron chi connectivity index (χ4n) is 2.16. The molecule has 1 aromatic rings. The highest BCUT2D eigenvalue weighted by Crippen LogP contribution is 2.44. The quantitative estimate of drug-likeness (QED) is 0.751. The Labute approximate surface area is 104 Å². The van der Waals surface area contributed by atoms with Crippen LogP contribution in [0, 0.1) is 0 Å². The summed E-state index contributed by atoms with van der Waals surface area (Å²) >= 11 is 1.77. The maximum Gasteiger partial charge on any atom is 0.337 e. The summed E-state index contributed by atoms with van der Waals surface area (Å²) in [7, 11) is 0. The van der Waals surface area contributed by atoms with Gasteiger partial charge in [-0.15, -0.1) is 11.8 Å². The predicted molar refractivity (Wildman–Crippen MR) is 69.8 cm³/mol. The second kappa shape index (κ2) is 4.11. The van der Waals surface area contributed by atoms with Gasteiger partial charge in [-0.2, -0.15) is 0 Å². The van der Waals surface area contributed by atoms with E-state index >= 15 is 0 Å². The minimum atomic E-state index is -0.191. The van der Waals surface area contributed by atoms with Crippen molar-refractivity contribution in [3.05, 3.63) is 35.4 Å². The third-order valence-electron chi connectivity index (χ3n) is 2.99. The van der Waals surface area contributed by atoms with Crippen LogP contribution in [0.25, 0.3) is 6.08 Å². The maximum atomic E-state index is 11.9. The number of hydrogen-bond donors (Lipinski definition) is 0. The molecule has 1 saturated heterocycles. The van der Waals surface area contributed by atoms with E-state index in [9.17, 15) is 4.79 Å². The second-order valence-electron chi connectivity index (χ2n) is 4.00. The van der Waals surface area contributed by atoms with Crippen LogP contribution in [-0.2, 0) is 9.53 Å². The van der Waals surface area contributed by atoms with Crippen molar-refractivity contribution in [1.29, 1.82) is 0 Å². The largest absolute Gasteiger partial charge is 0.463 e. The topological polar surface area (TPSA) is 29.5 Å². The van der Waals surface area contributed by atoms with Gasteiger partial charge in [-0.1, -0.05) is 18.2 Å². The molecule has 0 N–H and O–H groups in total. The second-order valence-corrected chi connectivity index (χ2v) is 5.03. The average Bonchev–Trinajstić information content (AvgIpc) is 2.28. The molecular formula is C13H13NO2S. The molecular weight excluding hydrogens is 234 g/mol. The van der Waals surface area contributed by atoms with Gasteiger partial charge in [0, 0.05) is 5.69 Å². The minimum absolute atomic E-state index is 0.143. The van der Waals surface area contributed by atoms with Crippen LogP contribution in [-0.4, -0.2) is 23.8 Å². The van der Waals surface area contributed by atoms with Crippen LogP contribution in [0.5, 0.6) is 0 Å². The van der Waals surface area contributed by atoms with Crippen molar-refractivity contribution in [3.63, 3.8) is 0 Å². The first kappa shape index (κ1) is 10.7. The number of nitrogens with zero attached hydrogens (tertiary/aromatic N) is 1. The lowest BCUT2D eigenvalue weighted by Gasteiger charge is -2.45. The van der Waals surface area contributed by atoms with Crippen LogP contribution in [0.1, 0.15) is 12.5 Å². The molecule has 2 aliphatic heterocycles. The van der Waals surface area contributed by atoms with E-state index in [-0.39, 0.29) is 11.3 Å². The SMILES string of the molecule is CCOC(=O)C1=Cc2ccccc2N2CSC12. The summed E-state index contributed by atoms with van der Waals surface area (Å²) in [6, 6.07) is 8.15. The molecule has 88 valence electrons. The lowest BCUT2D eigenvalue weighted by atomic mass is 10.0. The summed E-state index contributed by atoms with van der Waals surface area (Å²) < 4.78 is 5.10. The van der Waals surface area contributed by atoms with Crippen molar-refractivity contribution in [2.75, 3.05) is 17.4 Å². The zero-order valence-corrected chi connectivity index (χ0v) is 10.4. The molecule has 3 rings (SSSR count). The molecule has 0 bridgehead atoms. The summed E-state index contributed by atoms with van der Waals surface area (Å²) in [5.41, 5.74) is 3.08. The Morgan fingerprint density at radius 3 is 3.06 bits per heavy atom. The van der Waals surface area contributed by atoms with Crippen LogP contribution >= 0.6 is 11.8 Å². The molecule has 0 aliphatic carbocycles. The van der Waals surface area contributed by atoms with Crippen LogP contribution in [0.3, 0.4) is 0 Å². The van der Waals surface area contributed by atoms with Crippen molar-refractivity contribution >= 4 is 29.5 Å². The van der Waals surface area contributed by atoms with Gasteiger partial charge in [0.25, 0.3) is 0 Å². The van der Waals surface area contributed by atoms with Crippen LogP contribution < -0.4 is 4.90 Å². The zero-order valence-electron chi connectivity index (χ0n) is 9.55. The van der Waals surface area contributed by atoms with Gasteiger partial charge >= 0.3 is 5.97 Å². The Bertz CT molecular complexity index is 498. The van der Waals surface area contributed by atoms with Gasteiger partial charge in [-0.25, -0.2) is 4.79 Å². The number of carbonyl (C=O) groups excluding carboxylic acids is 1. The minimum Gasteiger partial charge on any atom is -0.463 e. The van der Waals surface area contributed by atoms with E-state index in [1.165, 1.54) is 5.69 Å². The number of para-hydroxylation sites is 1. The highest BCUT2D eigenvalue weighted by Gasteiger charge is 2.39. The molecule has 1 aromatic carbocycles. The van der Waals surface area contributed by atoms with E-state index in [4.69, 9.17) is 4.74 Å². The van der Waals surface area contributed by atoms with Crippen molar-refractivity contribution in [2.45, 2.75) is 12.3 Å². The lowest BCUT2D eigenvalue weighted by molar-refractivity contribution is -0.138. The van der Waals surface area contributed by atoms with Crippen molar-refractivity contribution in [1.82, 2.24) is 0 Å². The monoisotopic (exact) mass is 247 g/mol. The van der Waals surface area contributed by atoms with Gasteiger partial charge < -0.3 is 9.64 Å². The Balaban J connectivity index is 2.00. The molecule has 0 amide bonds. The molecule has 1 fully saturated rings. The lowest BCUT2D eigenvalue weighted by Crippen LogP contribution is -2.47. The average molecular weight is 247 g/mol. The first-order valence-corrected chi connectivity index (χ1v) is 6.72. The molecule has 0 radical (unpaired) electrons. The molecule has 3 nitrogen and oxygen atoms in total. The molecule has 17 heavy (non-hydrogen) atoms. The number of anilines is 1. The number of esters is 1. The summed E-state index contributed by atoms with van der Waals surface area (Å²) in [6.45, 7) is 2.26. The molecule has 1 atom stereocenters. The van der Waals surface area contributed by atoms with Gasteiger partial charge in [0.2, 0.25) is 0 Å². The van der Waals surface area contributed by atoms with E-state index in [1.54, 1.807) is 11.8 Å². The third kappa shape index (κ3) is 1.63. The van der Waals surface area contributed by atoms with E-state index in [0.717, 1.165) is 17.0 Å². The number of thioether (sulfide) groups is 1. The summed E-state index contributed by atoms with van der Waals surface area (Å²) in [5, 5.41) is 0.143. The maximum absolute atomic E-state index is 11.9. The Hall–Kier alpha value is -1.42. The van der Waals surface area contributed by atoms with Crippen molar-refractivity contribution < 1.29 is 9.53 Å². The van der Waals surface area contributed by atoms with Gasteiger partial charge in [0.1, 0.15) is 5.37 Å². The standard InChI is InChI=1S/C13H13NO2S/c1-2-16-13(15)10-7-9-5-3-4-6-11(9)14-8-17-12(10)14/h3-7,12H,2,8H2,1H3. The Morgan fingerprint density at radius 1 is 1.53 bits per heavy atom. The number of ether oxygens (including phenoxy) is 1. The van der Waals surface area contributed by atoms with Crippen LogP contribution in [0.15, 0.2) is 29.8 Å². The normalized spacial score (nSPS) is 20.9. The predicted octanol–water partition coefficient (Wildman–Crippen LogP) is 2.48. The fourth-order valence-corrected chi connectivity index (χ4v) is 3.20. The van der Waals surface area contributed by atoms with Crippen molar-refractivity contribution in [3.8, 4) is 0 Å². The molecule has 0 saturated carbocycles. The number of rotatable bonds is 2. The molecule has 2 aliphatic rings. The first-order valence-electron chi connectivity index (χ1n) is 5.67. The van der Waals surface area contributed by atoms with Crippen molar-refractivity contribution in [2.24, 2.45) is 0 Å². The van der Waals surface area contributed by atoms with Gasteiger partial charge in [-0.05, 0) is 24.6 Å². The summed E-state index contributed by atoms with van der Waals surface area (Å²) in [4.78, 5) is 14.1. The van der Waals surface area contributed by atoms with Crippen LogP contribution in [0.4, 0.5) is 5.69 Å². The van der Waals surface area contributed by atoms with E-state index < -0.39 is 0 Å². The van der Waals surface area contributed by atoms with Gasteiger partial charge in [0.05, 0.1) is 18.1 Å². The smallest absolute Gasteiger partial charge is 0.337 e. The molecule has 2 heterocycles. The van der Waals surface area contributed by atoms with E-state index in [0.29, 0.717) is 6.61 Å². The third-order valence-corrected chi connectivity index (χ3v) is 4.24.